The van der Waals surface area contributed by atoms with Gasteiger partial charge in [0.25, 0.3) is 0 Å². The Bertz CT molecular complexity index is 743. The zero-order chi connectivity index (χ0) is 17.8. The lowest BCUT2D eigenvalue weighted by atomic mass is 10.0. The van der Waals surface area contributed by atoms with Gasteiger partial charge in [-0.25, -0.2) is 10.9 Å². The lowest BCUT2D eigenvalue weighted by Crippen LogP contribution is -2.39. The van der Waals surface area contributed by atoms with Crippen molar-refractivity contribution >= 4 is 23.2 Å². The Labute approximate surface area is 148 Å². The van der Waals surface area contributed by atoms with Gasteiger partial charge in [-0.1, -0.05) is 23.7 Å². The maximum absolute atomic E-state index is 12.3. The molecule has 3 rings (SSSR count). The minimum absolute atomic E-state index is 0.0312. The van der Waals surface area contributed by atoms with Crippen LogP contribution < -0.4 is 20.9 Å². The number of anilines is 1. The zero-order valence-electron chi connectivity index (χ0n) is 13.0. The van der Waals surface area contributed by atoms with Gasteiger partial charge in [-0.15, -0.1) is 0 Å². The summed E-state index contributed by atoms with van der Waals surface area (Å²) in [7, 11) is 0. The third-order valence-corrected chi connectivity index (χ3v) is 4.05. The molecule has 25 heavy (non-hydrogen) atoms. The molecule has 1 aliphatic heterocycles. The molecule has 1 heterocycles. The number of ether oxygens (including phenoxy) is 1. The van der Waals surface area contributed by atoms with Crippen molar-refractivity contribution in [3.8, 4) is 5.75 Å². The maximum Gasteiger partial charge on any atom is 0.387 e. The summed E-state index contributed by atoms with van der Waals surface area (Å²) in [6.45, 7) is -2.88. The smallest absolute Gasteiger partial charge is 0.387 e. The molecule has 5 nitrogen and oxygen atoms in total. The van der Waals surface area contributed by atoms with Gasteiger partial charge in [0.05, 0.1) is 0 Å². The Morgan fingerprint density at radius 1 is 1.20 bits per heavy atom. The molecule has 0 radical (unpaired) electrons. The molecule has 1 fully saturated rings. The van der Waals surface area contributed by atoms with Gasteiger partial charge < -0.3 is 10.1 Å². The molecule has 1 aliphatic rings. The molecule has 8 heteroatoms. The number of hydrazine groups is 1. The minimum Gasteiger partial charge on any atom is -0.435 e. The Hall–Kier alpha value is -2.22. The number of carbonyl (C=O) groups excluding carboxylic acids is 1. The molecular formula is C17H16ClF2N3O2. The lowest BCUT2D eigenvalue weighted by Gasteiger charge is -2.11. The quantitative estimate of drug-likeness (QED) is 0.757. The number of carbonyl (C=O) groups is 1. The molecule has 2 atom stereocenters. The molecule has 1 amide bonds. The fraction of sp³-hybridized carbons (Fsp3) is 0.235. The SMILES string of the molecule is O=C(Nc1ccc(OC(F)F)cc1)C1CC(c2cccc(Cl)c2)NN1. The number of nitrogens with one attached hydrogen (secondary N) is 3. The first-order valence-corrected chi connectivity index (χ1v) is 8.01. The van der Waals surface area contributed by atoms with Crippen molar-refractivity contribution in [2.24, 2.45) is 0 Å². The third-order valence-electron chi connectivity index (χ3n) is 3.82. The molecule has 1 saturated heterocycles. The standard InChI is InChI=1S/C17H16ClF2N3O2/c18-11-3-1-2-10(8-11)14-9-15(23-22-14)16(24)21-12-4-6-13(7-5-12)25-17(19)20/h1-8,14-15,17,22-23H,9H2,(H,21,24). The highest BCUT2D eigenvalue weighted by atomic mass is 35.5. The van der Waals surface area contributed by atoms with Crippen molar-refractivity contribution in [3.05, 3.63) is 59.1 Å². The van der Waals surface area contributed by atoms with Crippen LogP contribution in [0.4, 0.5) is 14.5 Å². The highest BCUT2D eigenvalue weighted by Gasteiger charge is 2.30. The second-order valence-corrected chi connectivity index (χ2v) is 6.01. The van der Waals surface area contributed by atoms with E-state index in [1.54, 1.807) is 6.07 Å². The number of amides is 1. The molecular weight excluding hydrogens is 352 g/mol. The molecule has 0 bridgehead atoms. The first-order valence-electron chi connectivity index (χ1n) is 7.63. The number of hydrogen-bond donors (Lipinski definition) is 3. The predicted octanol–water partition coefficient (Wildman–Crippen LogP) is 3.49. The van der Waals surface area contributed by atoms with Gasteiger partial charge in [0, 0.05) is 16.8 Å². The summed E-state index contributed by atoms with van der Waals surface area (Å²) in [6, 6.07) is 12.7. The van der Waals surface area contributed by atoms with Gasteiger partial charge in [-0.2, -0.15) is 8.78 Å². The monoisotopic (exact) mass is 367 g/mol. The number of benzene rings is 2. The molecule has 132 valence electrons. The van der Waals surface area contributed by atoms with Gasteiger partial charge in [0.2, 0.25) is 5.91 Å². The van der Waals surface area contributed by atoms with E-state index >= 15 is 0 Å². The van der Waals surface area contributed by atoms with Crippen LogP contribution in [0.25, 0.3) is 0 Å². The highest BCUT2D eigenvalue weighted by molar-refractivity contribution is 6.30. The largest absolute Gasteiger partial charge is 0.435 e. The van der Waals surface area contributed by atoms with Crippen LogP contribution in [0, 0.1) is 0 Å². The van der Waals surface area contributed by atoms with Crippen molar-refractivity contribution in [3.63, 3.8) is 0 Å². The van der Waals surface area contributed by atoms with Crippen LogP contribution in [0.2, 0.25) is 5.02 Å². The summed E-state index contributed by atoms with van der Waals surface area (Å²) >= 11 is 5.99. The van der Waals surface area contributed by atoms with Crippen LogP contribution in [0.15, 0.2) is 48.5 Å². The van der Waals surface area contributed by atoms with Crippen LogP contribution in [-0.4, -0.2) is 18.6 Å². The van der Waals surface area contributed by atoms with E-state index in [0.717, 1.165) is 5.56 Å². The van der Waals surface area contributed by atoms with Crippen molar-refractivity contribution < 1.29 is 18.3 Å². The fourth-order valence-corrected chi connectivity index (χ4v) is 2.82. The molecule has 0 spiro atoms. The first kappa shape index (κ1) is 17.6. The van der Waals surface area contributed by atoms with Gasteiger partial charge in [0.15, 0.2) is 0 Å². The normalized spacial score (nSPS) is 19.8. The average molecular weight is 368 g/mol. The van der Waals surface area contributed by atoms with Crippen molar-refractivity contribution in [2.75, 3.05) is 5.32 Å². The summed E-state index contributed by atoms with van der Waals surface area (Å²) in [6.07, 6.45) is 0.554. The average Bonchev–Trinajstić information content (AvgIpc) is 3.06. The Balaban J connectivity index is 1.57. The number of alkyl halides is 2. The molecule has 2 unspecified atom stereocenters. The van der Waals surface area contributed by atoms with Crippen molar-refractivity contribution in [1.82, 2.24) is 10.9 Å². The Kier molecular flexibility index (Phi) is 5.47. The lowest BCUT2D eigenvalue weighted by molar-refractivity contribution is -0.117. The van der Waals surface area contributed by atoms with Crippen molar-refractivity contribution in [1.29, 1.82) is 0 Å². The summed E-state index contributed by atoms with van der Waals surface area (Å²) in [5, 5.41) is 3.37. The summed E-state index contributed by atoms with van der Waals surface area (Å²) in [4.78, 5) is 12.3. The second kappa shape index (κ2) is 7.77. The molecule has 3 N–H and O–H groups in total. The van der Waals surface area contributed by atoms with Gasteiger partial charge in [-0.05, 0) is 48.4 Å². The van der Waals surface area contributed by atoms with Gasteiger partial charge in [-0.3, -0.25) is 4.79 Å². The molecule has 0 aliphatic carbocycles. The summed E-state index contributed by atoms with van der Waals surface area (Å²) < 4.78 is 28.5. The molecule has 2 aromatic rings. The maximum atomic E-state index is 12.3. The van der Waals surface area contributed by atoms with E-state index in [9.17, 15) is 13.6 Å². The van der Waals surface area contributed by atoms with Crippen LogP contribution in [0.1, 0.15) is 18.0 Å². The highest BCUT2D eigenvalue weighted by Crippen LogP contribution is 2.25. The molecule has 2 aromatic carbocycles. The second-order valence-electron chi connectivity index (χ2n) is 5.58. The van der Waals surface area contributed by atoms with E-state index in [-0.39, 0.29) is 17.7 Å². The van der Waals surface area contributed by atoms with E-state index in [1.807, 2.05) is 18.2 Å². The first-order chi connectivity index (χ1) is 12.0. The van der Waals surface area contributed by atoms with E-state index in [4.69, 9.17) is 11.6 Å². The van der Waals surface area contributed by atoms with Crippen LogP contribution in [0.3, 0.4) is 0 Å². The van der Waals surface area contributed by atoms with Gasteiger partial charge in [0.1, 0.15) is 11.8 Å². The van der Waals surface area contributed by atoms with E-state index in [0.29, 0.717) is 17.1 Å². The van der Waals surface area contributed by atoms with Crippen molar-refractivity contribution in [2.45, 2.75) is 25.1 Å². The summed E-state index contributed by atoms with van der Waals surface area (Å²) in [5.41, 5.74) is 7.52. The van der Waals surface area contributed by atoms with Crippen LogP contribution in [0.5, 0.6) is 5.75 Å². The number of hydrogen-bond acceptors (Lipinski definition) is 4. The van der Waals surface area contributed by atoms with E-state index in [1.165, 1.54) is 24.3 Å². The van der Waals surface area contributed by atoms with E-state index < -0.39 is 12.7 Å². The Morgan fingerprint density at radius 3 is 2.64 bits per heavy atom. The van der Waals surface area contributed by atoms with E-state index in [2.05, 4.69) is 20.9 Å². The molecule has 0 saturated carbocycles. The third kappa shape index (κ3) is 4.66. The van der Waals surface area contributed by atoms with Crippen LogP contribution in [-0.2, 0) is 4.79 Å². The zero-order valence-corrected chi connectivity index (χ0v) is 13.8. The van der Waals surface area contributed by atoms with Gasteiger partial charge >= 0.3 is 6.61 Å². The minimum atomic E-state index is -2.88. The molecule has 0 aromatic heterocycles. The summed E-state index contributed by atoms with van der Waals surface area (Å²) in [5.74, 6) is -0.186. The predicted molar refractivity (Wildman–Crippen MR) is 90.6 cm³/mol. The van der Waals surface area contributed by atoms with Crippen LogP contribution >= 0.6 is 11.6 Å². The Morgan fingerprint density at radius 2 is 1.96 bits per heavy atom. The topological polar surface area (TPSA) is 62.4 Å². The number of halogens is 3. The number of rotatable bonds is 5. The fourth-order valence-electron chi connectivity index (χ4n) is 2.62.